The second-order valence-electron chi connectivity index (χ2n) is 2.28. The van der Waals surface area contributed by atoms with Gasteiger partial charge in [-0.3, -0.25) is 4.79 Å². The molecule has 0 heterocycles. The molecule has 0 aliphatic heterocycles. The van der Waals surface area contributed by atoms with E-state index in [1.165, 1.54) is 12.3 Å². The maximum Gasteiger partial charge on any atom is 0.142 e. The number of ether oxygens (including phenoxy) is 1. The van der Waals surface area contributed by atoms with Crippen molar-refractivity contribution in [3.05, 3.63) is 54.8 Å². The number of rotatable bonds is 4. The van der Waals surface area contributed by atoms with Gasteiger partial charge in [0.15, 0.2) is 0 Å². The Balaban J connectivity index is 2.39. The van der Waals surface area contributed by atoms with Crippen LogP contribution in [0, 0.1) is 0 Å². The Hall–Kier alpha value is -1.83. The molecule has 0 saturated carbocycles. The highest BCUT2D eigenvalue weighted by Gasteiger charge is 1.83. The van der Waals surface area contributed by atoms with Crippen LogP contribution in [0.4, 0.5) is 0 Å². The number of para-hydroxylation sites is 1. The molecule has 0 atom stereocenters. The lowest BCUT2D eigenvalue weighted by atomic mass is 10.3. The van der Waals surface area contributed by atoms with Gasteiger partial charge in [-0.25, -0.2) is 0 Å². The van der Waals surface area contributed by atoms with Crippen molar-refractivity contribution >= 4 is 6.29 Å². The quantitative estimate of drug-likeness (QED) is 0.303. The summed E-state index contributed by atoms with van der Waals surface area (Å²) in [5.41, 5.74) is 0. The lowest BCUT2D eigenvalue weighted by Gasteiger charge is -1.96. The summed E-state index contributed by atoms with van der Waals surface area (Å²) in [6.45, 7) is 0. The molecule has 1 aromatic rings. The third kappa shape index (κ3) is 3.91. The van der Waals surface area contributed by atoms with Crippen molar-refractivity contribution in [1.29, 1.82) is 0 Å². The van der Waals surface area contributed by atoms with E-state index in [1.54, 1.807) is 12.2 Å². The highest BCUT2D eigenvalue weighted by atomic mass is 16.5. The molecule has 66 valence electrons. The average Bonchev–Trinajstić information content (AvgIpc) is 2.19. The summed E-state index contributed by atoms with van der Waals surface area (Å²) < 4.78 is 5.20. The predicted molar refractivity (Wildman–Crippen MR) is 51.4 cm³/mol. The molecule has 0 bridgehead atoms. The van der Waals surface area contributed by atoms with E-state index in [4.69, 9.17) is 4.74 Å². The van der Waals surface area contributed by atoms with Gasteiger partial charge in [-0.15, -0.1) is 0 Å². The molecule has 0 radical (unpaired) electrons. The van der Waals surface area contributed by atoms with Crippen LogP contribution in [0.5, 0.6) is 5.75 Å². The van der Waals surface area contributed by atoms with E-state index in [1.807, 2.05) is 30.3 Å². The van der Waals surface area contributed by atoms with Crippen LogP contribution >= 0.6 is 0 Å². The molecule has 0 aliphatic carbocycles. The maximum absolute atomic E-state index is 9.88. The third-order valence-corrected chi connectivity index (χ3v) is 1.33. The molecule has 0 unspecified atom stereocenters. The summed E-state index contributed by atoms with van der Waals surface area (Å²) in [7, 11) is 0. The summed E-state index contributed by atoms with van der Waals surface area (Å²) in [5, 5.41) is 0. The number of benzene rings is 1. The van der Waals surface area contributed by atoms with Crippen molar-refractivity contribution in [1.82, 2.24) is 0 Å². The van der Waals surface area contributed by atoms with E-state index in [0.717, 1.165) is 5.75 Å². The van der Waals surface area contributed by atoms with Gasteiger partial charge in [-0.05, 0) is 24.3 Å². The van der Waals surface area contributed by atoms with E-state index in [2.05, 4.69) is 0 Å². The minimum atomic E-state index is 0.715. The fourth-order valence-electron chi connectivity index (χ4n) is 0.772. The number of carbonyl (C=O) groups excluding carboxylic acids is 1. The minimum Gasteiger partial charge on any atom is -0.465 e. The van der Waals surface area contributed by atoms with Crippen LogP contribution in [-0.4, -0.2) is 6.29 Å². The fraction of sp³-hybridized carbons (Fsp3) is 0. The highest BCUT2D eigenvalue weighted by Crippen LogP contribution is 2.07. The Labute approximate surface area is 77.2 Å². The number of allylic oxidation sites excluding steroid dienone is 3. The molecule has 13 heavy (non-hydrogen) atoms. The van der Waals surface area contributed by atoms with E-state index in [0.29, 0.717) is 6.29 Å². The van der Waals surface area contributed by atoms with Gasteiger partial charge < -0.3 is 4.74 Å². The van der Waals surface area contributed by atoms with Crippen LogP contribution < -0.4 is 4.74 Å². The van der Waals surface area contributed by atoms with E-state index >= 15 is 0 Å². The second-order valence-corrected chi connectivity index (χ2v) is 2.28. The Kier molecular flexibility index (Phi) is 4.11. The van der Waals surface area contributed by atoms with Crippen LogP contribution in [-0.2, 0) is 4.79 Å². The van der Waals surface area contributed by atoms with Gasteiger partial charge in [-0.2, -0.15) is 0 Å². The molecular formula is C11H10O2. The number of hydrogen-bond acceptors (Lipinski definition) is 2. The summed E-state index contributed by atoms with van der Waals surface area (Å²) in [5.74, 6) is 0.776. The summed E-state index contributed by atoms with van der Waals surface area (Å²) in [6.07, 6.45) is 6.89. The van der Waals surface area contributed by atoms with Crippen molar-refractivity contribution in [3.8, 4) is 5.75 Å². The Morgan fingerprint density at radius 3 is 2.46 bits per heavy atom. The number of aldehydes is 1. The molecule has 1 aromatic carbocycles. The number of hydrogen-bond donors (Lipinski definition) is 0. The van der Waals surface area contributed by atoms with E-state index < -0.39 is 0 Å². The van der Waals surface area contributed by atoms with Crippen molar-refractivity contribution in [2.75, 3.05) is 0 Å². The van der Waals surface area contributed by atoms with E-state index in [9.17, 15) is 4.79 Å². The van der Waals surface area contributed by atoms with Crippen molar-refractivity contribution < 1.29 is 9.53 Å². The summed E-state index contributed by atoms with van der Waals surface area (Å²) in [4.78, 5) is 9.88. The highest BCUT2D eigenvalue weighted by molar-refractivity contribution is 5.65. The van der Waals surface area contributed by atoms with Crippen molar-refractivity contribution in [2.45, 2.75) is 0 Å². The fourth-order valence-corrected chi connectivity index (χ4v) is 0.772. The molecule has 0 amide bonds. The van der Waals surface area contributed by atoms with Crippen molar-refractivity contribution in [2.24, 2.45) is 0 Å². The Morgan fingerprint density at radius 1 is 1.00 bits per heavy atom. The van der Waals surface area contributed by atoms with Gasteiger partial charge >= 0.3 is 0 Å². The normalized spacial score (nSPS) is 10.8. The molecule has 2 nitrogen and oxygen atoms in total. The first kappa shape index (κ1) is 9.26. The zero-order valence-electron chi connectivity index (χ0n) is 7.09. The zero-order valence-corrected chi connectivity index (χ0v) is 7.09. The number of carbonyl (C=O) groups is 1. The monoisotopic (exact) mass is 174 g/mol. The van der Waals surface area contributed by atoms with Gasteiger partial charge in [0.1, 0.15) is 12.0 Å². The second kappa shape index (κ2) is 5.77. The van der Waals surface area contributed by atoms with Crippen LogP contribution in [0.1, 0.15) is 0 Å². The summed E-state index contributed by atoms with van der Waals surface area (Å²) >= 11 is 0. The molecule has 0 aliphatic rings. The average molecular weight is 174 g/mol. The lowest BCUT2D eigenvalue weighted by molar-refractivity contribution is -0.104. The molecule has 0 aromatic heterocycles. The van der Waals surface area contributed by atoms with Crippen LogP contribution in [0.3, 0.4) is 0 Å². The largest absolute Gasteiger partial charge is 0.465 e. The van der Waals surface area contributed by atoms with Crippen LogP contribution in [0.25, 0.3) is 0 Å². The van der Waals surface area contributed by atoms with Gasteiger partial charge in [0, 0.05) is 0 Å². The first-order valence-corrected chi connectivity index (χ1v) is 3.92. The van der Waals surface area contributed by atoms with Gasteiger partial charge in [0.05, 0.1) is 6.26 Å². The molecule has 0 fully saturated rings. The predicted octanol–water partition coefficient (Wildman–Crippen LogP) is 2.33. The SMILES string of the molecule is O=CC=CC=COc1ccccc1. The Bertz CT molecular complexity index is 299. The maximum atomic E-state index is 9.88. The van der Waals surface area contributed by atoms with Crippen LogP contribution in [0.15, 0.2) is 54.8 Å². The molecule has 2 heteroatoms. The van der Waals surface area contributed by atoms with E-state index in [-0.39, 0.29) is 0 Å². The van der Waals surface area contributed by atoms with Gasteiger partial charge in [0.25, 0.3) is 0 Å². The molecule has 0 N–H and O–H groups in total. The minimum absolute atomic E-state index is 0.715. The molecule has 0 saturated heterocycles. The first-order valence-electron chi connectivity index (χ1n) is 3.92. The standard InChI is InChI=1S/C11H10O2/c12-9-5-2-6-10-13-11-7-3-1-4-8-11/h1-10H. The first-order chi connectivity index (χ1) is 6.43. The Morgan fingerprint density at radius 2 is 1.77 bits per heavy atom. The summed E-state index contributed by atoms with van der Waals surface area (Å²) in [6, 6.07) is 9.42. The van der Waals surface area contributed by atoms with Crippen LogP contribution in [0.2, 0.25) is 0 Å². The van der Waals surface area contributed by atoms with Crippen molar-refractivity contribution in [3.63, 3.8) is 0 Å². The molecular weight excluding hydrogens is 164 g/mol. The lowest BCUT2D eigenvalue weighted by Crippen LogP contribution is -1.79. The smallest absolute Gasteiger partial charge is 0.142 e. The third-order valence-electron chi connectivity index (χ3n) is 1.33. The van der Waals surface area contributed by atoms with Gasteiger partial charge in [-0.1, -0.05) is 24.3 Å². The topological polar surface area (TPSA) is 26.3 Å². The molecule has 0 spiro atoms. The molecule has 1 rings (SSSR count). The van der Waals surface area contributed by atoms with Gasteiger partial charge in [0.2, 0.25) is 0 Å². The zero-order chi connectivity index (χ0) is 9.36.